The van der Waals surface area contributed by atoms with E-state index in [2.05, 4.69) is 20.8 Å². The number of hydrogen-bond donors (Lipinski definition) is 1. The molecule has 2 heterocycles. The van der Waals surface area contributed by atoms with Crippen molar-refractivity contribution in [2.24, 2.45) is 0 Å². The maximum atomic E-state index is 13.7. The maximum absolute atomic E-state index is 13.7. The SMILES string of the molecule is COc1cccc2c1ccn2CCNC(=O)c1cc(F)ccc1-n1cnnn1. The second-order valence-electron chi connectivity index (χ2n) is 6.07. The lowest BCUT2D eigenvalue weighted by molar-refractivity contribution is 0.0952. The molecule has 9 heteroatoms. The number of nitrogens with zero attached hydrogens (tertiary/aromatic N) is 5. The van der Waals surface area contributed by atoms with Gasteiger partial charge in [0, 0.05) is 24.7 Å². The minimum absolute atomic E-state index is 0.159. The molecule has 0 aliphatic rings. The molecule has 0 saturated carbocycles. The molecular formula is C19H17FN6O2. The fourth-order valence-corrected chi connectivity index (χ4v) is 3.11. The molecule has 0 saturated heterocycles. The van der Waals surface area contributed by atoms with E-state index >= 15 is 0 Å². The van der Waals surface area contributed by atoms with Crippen molar-refractivity contribution in [3.8, 4) is 11.4 Å². The molecule has 0 unspecified atom stereocenters. The highest BCUT2D eigenvalue weighted by Gasteiger charge is 2.15. The molecule has 0 aliphatic heterocycles. The zero-order chi connectivity index (χ0) is 19.5. The first kappa shape index (κ1) is 17.7. The topological polar surface area (TPSA) is 86.9 Å². The Kier molecular flexibility index (Phi) is 4.71. The van der Waals surface area contributed by atoms with Gasteiger partial charge in [0.15, 0.2) is 0 Å². The minimum Gasteiger partial charge on any atom is -0.496 e. The van der Waals surface area contributed by atoms with Crippen LogP contribution in [0, 0.1) is 5.82 Å². The van der Waals surface area contributed by atoms with Crippen molar-refractivity contribution in [3.05, 3.63) is 66.4 Å². The third-order valence-corrected chi connectivity index (χ3v) is 4.43. The van der Waals surface area contributed by atoms with E-state index in [4.69, 9.17) is 4.74 Å². The number of nitrogens with one attached hydrogen (secondary N) is 1. The summed E-state index contributed by atoms with van der Waals surface area (Å²) in [7, 11) is 1.63. The maximum Gasteiger partial charge on any atom is 0.253 e. The fourth-order valence-electron chi connectivity index (χ4n) is 3.11. The summed E-state index contributed by atoms with van der Waals surface area (Å²) in [5.74, 6) is -0.115. The van der Waals surface area contributed by atoms with Crippen LogP contribution in [-0.2, 0) is 6.54 Å². The van der Waals surface area contributed by atoms with Crippen LogP contribution in [0.15, 0.2) is 55.0 Å². The van der Waals surface area contributed by atoms with Crippen LogP contribution in [-0.4, -0.2) is 44.3 Å². The molecule has 0 atom stereocenters. The zero-order valence-electron chi connectivity index (χ0n) is 15.0. The summed E-state index contributed by atoms with van der Waals surface area (Å²) >= 11 is 0. The van der Waals surface area contributed by atoms with Gasteiger partial charge in [-0.25, -0.2) is 4.39 Å². The molecule has 8 nitrogen and oxygen atoms in total. The fraction of sp³-hybridized carbons (Fsp3) is 0.158. The van der Waals surface area contributed by atoms with E-state index in [9.17, 15) is 9.18 Å². The van der Waals surface area contributed by atoms with Gasteiger partial charge in [-0.05, 0) is 46.8 Å². The number of benzene rings is 2. The average Bonchev–Trinajstić information content (AvgIpc) is 3.38. The highest BCUT2D eigenvalue weighted by atomic mass is 19.1. The number of halogens is 1. The molecule has 4 rings (SSSR count). The number of rotatable bonds is 6. The summed E-state index contributed by atoms with van der Waals surface area (Å²) in [5.41, 5.74) is 1.57. The lowest BCUT2D eigenvalue weighted by Crippen LogP contribution is -2.28. The van der Waals surface area contributed by atoms with E-state index < -0.39 is 11.7 Å². The lowest BCUT2D eigenvalue weighted by Gasteiger charge is -2.11. The van der Waals surface area contributed by atoms with Gasteiger partial charge in [-0.15, -0.1) is 5.10 Å². The van der Waals surface area contributed by atoms with E-state index in [-0.39, 0.29) is 5.56 Å². The number of carbonyl (C=O) groups excluding carboxylic acids is 1. The predicted octanol–water partition coefficient (Wildman–Crippen LogP) is 2.19. The summed E-state index contributed by atoms with van der Waals surface area (Å²) in [6, 6.07) is 11.7. The Hall–Kier alpha value is -3.75. The van der Waals surface area contributed by atoms with Gasteiger partial charge in [0.05, 0.1) is 23.9 Å². The number of tetrazole rings is 1. The third-order valence-electron chi connectivity index (χ3n) is 4.43. The smallest absolute Gasteiger partial charge is 0.253 e. The van der Waals surface area contributed by atoms with Crippen LogP contribution in [0.5, 0.6) is 5.75 Å². The van der Waals surface area contributed by atoms with Gasteiger partial charge in [0.25, 0.3) is 5.91 Å². The quantitative estimate of drug-likeness (QED) is 0.554. The van der Waals surface area contributed by atoms with Crippen LogP contribution >= 0.6 is 0 Å². The number of aromatic nitrogens is 5. The summed E-state index contributed by atoms with van der Waals surface area (Å²) in [6.45, 7) is 0.920. The molecule has 0 spiro atoms. The molecule has 2 aromatic carbocycles. The van der Waals surface area contributed by atoms with Gasteiger partial charge in [-0.3, -0.25) is 4.79 Å². The average molecular weight is 380 g/mol. The Labute approximate surface area is 159 Å². The molecule has 0 bridgehead atoms. The standard InChI is InChI=1S/C19H17FN6O2/c1-28-18-4-2-3-16-14(18)7-9-25(16)10-8-21-19(27)15-11-13(20)5-6-17(15)26-12-22-23-24-26/h2-7,9,11-12H,8,10H2,1H3,(H,21,27). The Morgan fingerprint density at radius 2 is 2.14 bits per heavy atom. The number of fused-ring (bicyclic) bond motifs is 1. The summed E-state index contributed by atoms with van der Waals surface area (Å²) < 4.78 is 22.4. The van der Waals surface area contributed by atoms with E-state index in [1.165, 1.54) is 29.2 Å². The van der Waals surface area contributed by atoms with Crippen LogP contribution in [0.4, 0.5) is 4.39 Å². The Morgan fingerprint density at radius 1 is 1.25 bits per heavy atom. The van der Waals surface area contributed by atoms with Crippen molar-refractivity contribution in [3.63, 3.8) is 0 Å². The minimum atomic E-state index is -0.509. The molecule has 0 radical (unpaired) electrons. The third kappa shape index (κ3) is 3.29. The van der Waals surface area contributed by atoms with E-state index in [1.54, 1.807) is 7.11 Å². The molecule has 2 aromatic heterocycles. The molecule has 4 aromatic rings. The zero-order valence-corrected chi connectivity index (χ0v) is 15.0. The summed E-state index contributed by atoms with van der Waals surface area (Å²) in [5, 5.41) is 14.7. The molecule has 1 N–H and O–H groups in total. The first-order chi connectivity index (χ1) is 13.7. The highest BCUT2D eigenvalue weighted by Crippen LogP contribution is 2.26. The number of amides is 1. The van der Waals surface area contributed by atoms with Crippen LogP contribution in [0.2, 0.25) is 0 Å². The molecule has 0 fully saturated rings. The molecular weight excluding hydrogens is 363 g/mol. The van der Waals surface area contributed by atoms with Gasteiger partial charge < -0.3 is 14.6 Å². The monoisotopic (exact) mass is 380 g/mol. The van der Waals surface area contributed by atoms with Crippen molar-refractivity contribution in [1.82, 2.24) is 30.1 Å². The Balaban J connectivity index is 1.50. The normalized spacial score (nSPS) is 10.9. The predicted molar refractivity (Wildman–Crippen MR) is 99.9 cm³/mol. The van der Waals surface area contributed by atoms with Crippen LogP contribution < -0.4 is 10.1 Å². The van der Waals surface area contributed by atoms with Crippen molar-refractivity contribution < 1.29 is 13.9 Å². The van der Waals surface area contributed by atoms with Crippen molar-refractivity contribution in [2.45, 2.75) is 6.54 Å². The highest BCUT2D eigenvalue weighted by molar-refractivity contribution is 5.97. The van der Waals surface area contributed by atoms with Gasteiger partial charge in [-0.1, -0.05) is 6.07 Å². The summed E-state index contributed by atoms with van der Waals surface area (Å²) in [6.07, 6.45) is 3.29. The molecule has 1 amide bonds. The van der Waals surface area contributed by atoms with Gasteiger partial charge in [0.2, 0.25) is 0 Å². The largest absolute Gasteiger partial charge is 0.496 e. The van der Waals surface area contributed by atoms with E-state index in [0.29, 0.717) is 18.8 Å². The second kappa shape index (κ2) is 7.47. The number of ether oxygens (including phenoxy) is 1. The molecule has 28 heavy (non-hydrogen) atoms. The number of carbonyl (C=O) groups is 1. The van der Waals surface area contributed by atoms with Crippen LogP contribution in [0.1, 0.15) is 10.4 Å². The van der Waals surface area contributed by atoms with Crippen LogP contribution in [0.3, 0.4) is 0 Å². The number of methoxy groups -OCH3 is 1. The van der Waals surface area contributed by atoms with E-state index in [0.717, 1.165) is 16.7 Å². The van der Waals surface area contributed by atoms with Gasteiger partial charge in [0.1, 0.15) is 17.9 Å². The van der Waals surface area contributed by atoms with Crippen LogP contribution in [0.25, 0.3) is 16.6 Å². The van der Waals surface area contributed by atoms with Crippen molar-refractivity contribution in [1.29, 1.82) is 0 Å². The number of hydrogen-bond acceptors (Lipinski definition) is 5. The van der Waals surface area contributed by atoms with Gasteiger partial charge in [-0.2, -0.15) is 4.68 Å². The summed E-state index contributed by atoms with van der Waals surface area (Å²) in [4.78, 5) is 12.6. The Bertz CT molecular complexity index is 1120. The molecule has 142 valence electrons. The van der Waals surface area contributed by atoms with Crippen molar-refractivity contribution >= 4 is 16.8 Å². The molecule has 0 aliphatic carbocycles. The second-order valence-corrected chi connectivity index (χ2v) is 6.07. The van der Waals surface area contributed by atoms with Crippen molar-refractivity contribution in [2.75, 3.05) is 13.7 Å². The Morgan fingerprint density at radius 3 is 2.93 bits per heavy atom. The van der Waals surface area contributed by atoms with Gasteiger partial charge >= 0.3 is 0 Å². The first-order valence-electron chi connectivity index (χ1n) is 8.60. The van der Waals surface area contributed by atoms with E-state index in [1.807, 2.05) is 35.0 Å². The lowest BCUT2D eigenvalue weighted by atomic mass is 10.1. The first-order valence-corrected chi connectivity index (χ1v) is 8.60.